The Bertz CT molecular complexity index is 996. The Morgan fingerprint density at radius 1 is 1.22 bits per heavy atom. The molecule has 1 aliphatic rings. The summed E-state index contributed by atoms with van der Waals surface area (Å²) >= 11 is 5.98. The predicted molar refractivity (Wildman–Crippen MR) is 119 cm³/mol. The molecule has 2 aromatic carbocycles. The number of fused-ring (bicyclic) bond motifs is 1. The average Bonchev–Trinajstić information content (AvgIpc) is 2.81. The van der Waals surface area contributed by atoms with Crippen molar-refractivity contribution in [2.45, 2.75) is 25.9 Å². The Labute approximate surface area is 191 Å². The molecule has 8 nitrogen and oxygen atoms in total. The van der Waals surface area contributed by atoms with Crippen LogP contribution in [0.2, 0.25) is 5.02 Å². The maximum Gasteiger partial charge on any atom is 0.306 e. The molecule has 0 fully saturated rings. The van der Waals surface area contributed by atoms with E-state index in [0.29, 0.717) is 35.2 Å². The van der Waals surface area contributed by atoms with Crippen LogP contribution in [0, 0.1) is 6.92 Å². The summed E-state index contributed by atoms with van der Waals surface area (Å²) in [6, 6.07) is 12.2. The number of carbonyl (C=O) groups is 3. The monoisotopic (exact) mass is 460 g/mol. The fraction of sp³-hybridized carbons (Fsp3) is 0.348. The zero-order valence-electron chi connectivity index (χ0n) is 17.9. The topological polar surface area (TPSA) is 94.2 Å². The number of halogens is 1. The molecule has 1 aliphatic heterocycles. The van der Waals surface area contributed by atoms with Crippen molar-refractivity contribution in [3.63, 3.8) is 0 Å². The molecule has 1 atom stereocenters. The van der Waals surface area contributed by atoms with Gasteiger partial charge in [-0.2, -0.15) is 0 Å². The van der Waals surface area contributed by atoms with E-state index in [2.05, 4.69) is 5.32 Å². The molecule has 0 saturated heterocycles. The normalized spacial score (nSPS) is 14.7. The van der Waals surface area contributed by atoms with Crippen LogP contribution in [0.15, 0.2) is 42.5 Å². The van der Waals surface area contributed by atoms with Gasteiger partial charge in [-0.1, -0.05) is 23.7 Å². The van der Waals surface area contributed by atoms with Gasteiger partial charge in [-0.05, 0) is 49.2 Å². The standard InChI is InChI=1S/C23H25ClN2O6/c1-15-12-16(9-10-17(15)24)30-11-5-8-22(28)31-14-21(27)26-13-20(23(29)25-2)32-19-7-4-3-6-18(19)26/h3-4,6-7,9-10,12,20H,5,8,11,13-14H2,1-2H3,(H,25,29). The minimum atomic E-state index is -0.844. The molecule has 3 rings (SSSR count). The zero-order valence-corrected chi connectivity index (χ0v) is 18.7. The fourth-order valence-electron chi connectivity index (χ4n) is 3.17. The number of benzene rings is 2. The van der Waals surface area contributed by atoms with E-state index >= 15 is 0 Å². The molecule has 0 spiro atoms. The van der Waals surface area contributed by atoms with Crippen molar-refractivity contribution in [2.75, 3.05) is 31.7 Å². The molecule has 0 aliphatic carbocycles. The number of hydrogen-bond acceptors (Lipinski definition) is 6. The Morgan fingerprint density at radius 2 is 2.00 bits per heavy atom. The second-order valence-electron chi connectivity index (χ2n) is 7.22. The number of nitrogens with zero attached hydrogens (tertiary/aromatic N) is 1. The van der Waals surface area contributed by atoms with Gasteiger partial charge in [0.25, 0.3) is 11.8 Å². The first kappa shape index (κ1) is 23.4. The van der Waals surface area contributed by atoms with Gasteiger partial charge >= 0.3 is 5.97 Å². The predicted octanol–water partition coefficient (Wildman–Crippen LogP) is 2.89. The number of para-hydroxylation sites is 2. The number of rotatable bonds is 8. The van der Waals surface area contributed by atoms with Crippen LogP contribution in [0.1, 0.15) is 18.4 Å². The Hall–Kier alpha value is -3.26. The number of nitrogens with one attached hydrogen (secondary N) is 1. The van der Waals surface area contributed by atoms with Gasteiger partial charge in [-0.3, -0.25) is 14.4 Å². The van der Waals surface area contributed by atoms with Crippen molar-refractivity contribution in [1.82, 2.24) is 5.32 Å². The van der Waals surface area contributed by atoms with Crippen LogP contribution < -0.4 is 19.7 Å². The molecule has 170 valence electrons. The summed E-state index contributed by atoms with van der Waals surface area (Å²) in [5.41, 5.74) is 1.44. The maximum atomic E-state index is 12.7. The SMILES string of the molecule is CNC(=O)C1CN(C(=O)COC(=O)CCCOc2ccc(Cl)c(C)c2)c2ccccc2O1. The van der Waals surface area contributed by atoms with Crippen LogP contribution in [0.5, 0.6) is 11.5 Å². The largest absolute Gasteiger partial charge is 0.494 e. The van der Waals surface area contributed by atoms with Crippen LogP contribution in [0.25, 0.3) is 0 Å². The van der Waals surface area contributed by atoms with Gasteiger partial charge in [0.15, 0.2) is 12.7 Å². The lowest BCUT2D eigenvalue weighted by atomic mass is 10.1. The van der Waals surface area contributed by atoms with Crippen LogP contribution in [0.3, 0.4) is 0 Å². The van der Waals surface area contributed by atoms with Gasteiger partial charge in [-0.25, -0.2) is 0 Å². The average molecular weight is 461 g/mol. The number of aryl methyl sites for hydroxylation is 1. The molecule has 1 N–H and O–H groups in total. The van der Waals surface area contributed by atoms with Crippen molar-refractivity contribution in [1.29, 1.82) is 0 Å². The van der Waals surface area contributed by atoms with Crippen molar-refractivity contribution < 1.29 is 28.6 Å². The first-order valence-corrected chi connectivity index (χ1v) is 10.6. The van der Waals surface area contributed by atoms with Gasteiger partial charge in [-0.15, -0.1) is 0 Å². The molecule has 0 saturated carbocycles. The third-order valence-corrected chi connectivity index (χ3v) is 5.32. The number of likely N-dealkylation sites (N-methyl/N-ethyl adjacent to an activating group) is 1. The van der Waals surface area contributed by atoms with Gasteiger partial charge < -0.3 is 24.4 Å². The van der Waals surface area contributed by atoms with Gasteiger partial charge in [0.2, 0.25) is 0 Å². The molecule has 32 heavy (non-hydrogen) atoms. The summed E-state index contributed by atoms with van der Waals surface area (Å²) in [4.78, 5) is 38.2. The molecule has 0 radical (unpaired) electrons. The fourth-order valence-corrected chi connectivity index (χ4v) is 3.29. The molecule has 9 heteroatoms. The lowest BCUT2D eigenvalue weighted by Crippen LogP contribution is -2.51. The Morgan fingerprint density at radius 3 is 2.75 bits per heavy atom. The number of ether oxygens (including phenoxy) is 3. The number of amides is 2. The molecular weight excluding hydrogens is 436 g/mol. The van der Waals surface area contributed by atoms with Crippen LogP contribution in [0.4, 0.5) is 5.69 Å². The van der Waals surface area contributed by atoms with Crippen LogP contribution >= 0.6 is 11.6 Å². The molecule has 1 unspecified atom stereocenters. The Kier molecular flexibility index (Phi) is 7.94. The highest BCUT2D eigenvalue weighted by molar-refractivity contribution is 6.31. The highest BCUT2D eigenvalue weighted by atomic mass is 35.5. The minimum Gasteiger partial charge on any atom is -0.494 e. The second-order valence-corrected chi connectivity index (χ2v) is 7.62. The molecule has 2 aromatic rings. The van der Waals surface area contributed by atoms with Crippen LogP contribution in [-0.4, -0.2) is 50.7 Å². The van der Waals surface area contributed by atoms with Gasteiger partial charge in [0.1, 0.15) is 11.5 Å². The summed E-state index contributed by atoms with van der Waals surface area (Å²) in [6.45, 7) is 1.81. The smallest absolute Gasteiger partial charge is 0.306 e. The number of hydrogen-bond donors (Lipinski definition) is 1. The lowest BCUT2D eigenvalue weighted by molar-refractivity contribution is -0.148. The zero-order chi connectivity index (χ0) is 23.1. The van der Waals surface area contributed by atoms with E-state index < -0.39 is 24.6 Å². The van der Waals surface area contributed by atoms with E-state index in [1.807, 2.05) is 13.0 Å². The van der Waals surface area contributed by atoms with E-state index in [-0.39, 0.29) is 18.9 Å². The maximum absolute atomic E-state index is 12.7. The lowest BCUT2D eigenvalue weighted by Gasteiger charge is -2.33. The molecular formula is C23H25ClN2O6. The second kappa shape index (κ2) is 10.9. The van der Waals surface area contributed by atoms with Gasteiger partial charge in [0.05, 0.1) is 18.8 Å². The van der Waals surface area contributed by atoms with Crippen molar-refractivity contribution in [3.05, 3.63) is 53.1 Å². The molecule has 0 bridgehead atoms. The quantitative estimate of drug-likeness (QED) is 0.481. The third-order valence-electron chi connectivity index (χ3n) is 4.89. The highest BCUT2D eigenvalue weighted by Gasteiger charge is 2.33. The van der Waals surface area contributed by atoms with Crippen molar-refractivity contribution >= 4 is 35.1 Å². The Balaban J connectivity index is 1.47. The van der Waals surface area contributed by atoms with Gasteiger partial charge in [0, 0.05) is 18.5 Å². The number of anilines is 1. The third kappa shape index (κ3) is 5.91. The first-order chi connectivity index (χ1) is 15.4. The van der Waals surface area contributed by atoms with Crippen LogP contribution in [-0.2, 0) is 19.1 Å². The van der Waals surface area contributed by atoms with Crippen molar-refractivity contribution in [3.8, 4) is 11.5 Å². The van der Waals surface area contributed by atoms with Crippen molar-refractivity contribution in [2.24, 2.45) is 0 Å². The molecule has 2 amide bonds. The summed E-state index contributed by atoms with van der Waals surface area (Å²) in [7, 11) is 1.50. The summed E-state index contributed by atoms with van der Waals surface area (Å²) in [6.07, 6.45) is -0.294. The highest BCUT2D eigenvalue weighted by Crippen LogP contribution is 2.33. The van der Waals surface area contributed by atoms with E-state index in [1.165, 1.54) is 11.9 Å². The minimum absolute atomic E-state index is 0.0292. The van der Waals surface area contributed by atoms with E-state index in [9.17, 15) is 14.4 Å². The molecule has 1 heterocycles. The number of esters is 1. The number of carbonyl (C=O) groups excluding carboxylic acids is 3. The van der Waals surface area contributed by atoms with E-state index in [0.717, 1.165) is 5.56 Å². The summed E-state index contributed by atoms with van der Waals surface area (Å²) in [5, 5.41) is 3.18. The molecule has 0 aromatic heterocycles. The first-order valence-electron chi connectivity index (χ1n) is 10.2. The summed E-state index contributed by atoms with van der Waals surface area (Å²) < 4.78 is 16.4. The van der Waals surface area contributed by atoms with E-state index in [1.54, 1.807) is 36.4 Å². The van der Waals surface area contributed by atoms with E-state index in [4.69, 9.17) is 25.8 Å². The summed E-state index contributed by atoms with van der Waals surface area (Å²) in [5.74, 6) is -0.187.